The molecule has 132 valence electrons. The molecule has 1 aromatic heterocycles. The molecule has 2 aliphatic rings. The molecule has 0 saturated carbocycles. The number of hydrogen-bond acceptors (Lipinski definition) is 4. The number of nitrogens with zero attached hydrogens (tertiary/aromatic N) is 3. The van der Waals surface area contributed by atoms with Crippen molar-refractivity contribution in [2.45, 2.75) is 38.1 Å². The van der Waals surface area contributed by atoms with E-state index in [0.29, 0.717) is 17.5 Å². The Hall–Kier alpha value is -2.14. The van der Waals surface area contributed by atoms with Gasteiger partial charge in [-0.2, -0.15) is 0 Å². The Kier molecular flexibility index (Phi) is 4.83. The van der Waals surface area contributed by atoms with Crippen molar-refractivity contribution in [1.82, 2.24) is 15.0 Å². The van der Waals surface area contributed by atoms with E-state index in [0.717, 1.165) is 31.5 Å². The van der Waals surface area contributed by atoms with Crippen molar-refractivity contribution in [2.75, 3.05) is 26.2 Å². The molecule has 25 heavy (non-hydrogen) atoms. The largest absolute Gasteiger partial charge is 0.355 e. The highest BCUT2D eigenvalue weighted by molar-refractivity contribution is 5.93. The molecule has 1 aromatic carbocycles. The molecule has 0 aliphatic carbocycles. The van der Waals surface area contributed by atoms with Gasteiger partial charge in [0.2, 0.25) is 0 Å². The van der Waals surface area contributed by atoms with Crippen LogP contribution in [-0.2, 0) is 0 Å². The standard InChI is InChI=1S/C20H25N3O2/c24-20(18-15-19(25-21-18)16-7-3-1-4-8-16)23-13-9-17(10-14-23)22-11-5-2-6-12-22/h1,3-4,7-8,15,17H,2,5-6,9-14H2. The van der Waals surface area contributed by atoms with Crippen LogP contribution in [0.15, 0.2) is 40.9 Å². The second kappa shape index (κ2) is 7.40. The van der Waals surface area contributed by atoms with Crippen molar-refractivity contribution >= 4 is 5.91 Å². The van der Waals surface area contributed by atoms with Crippen molar-refractivity contribution in [1.29, 1.82) is 0 Å². The van der Waals surface area contributed by atoms with E-state index in [1.54, 1.807) is 6.07 Å². The number of carbonyl (C=O) groups is 1. The third kappa shape index (κ3) is 3.61. The van der Waals surface area contributed by atoms with E-state index in [9.17, 15) is 4.79 Å². The first-order valence-electron chi connectivity index (χ1n) is 9.37. The topological polar surface area (TPSA) is 49.6 Å². The zero-order chi connectivity index (χ0) is 17.1. The Bertz CT molecular complexity index is 699. The first-order chi connectivity index (χ1) is 12.3. The number of benzene rings is 1. The number of aromatic nitrogens is 1. The van der Waals surface area contributed by atoms with Gasteiger partial charge in [-0.15, -0.1) is 0 Å². The van der Waals surface area contributed by atoms with Crippen LogP contribution in [0.3, 0.4) is 0 Å². The molecule has 5 nitrogen and oxygen atoms in total. The molecule has 2 aromatic rings. The van der Waals surface area contributed by atoms with Gasteiger partial charge < -0.3 is 14.3 Å². The highest BCUT2D eigenvalue weighted by Crippen LogP contribution is 2.24. The minimum atomic E-state index is -0.0111. The lowest BCUT2D eigenvalue weighted by Crippen LogP contribution is -2.48. The molecule has 2 saturated heterocycles. The zero-order valence-corrected chi connectivity index (χ0v) is 14.6. The second-order valence-corrected chi connectivity index (χ2v) is 7.06. The fourth-order valence-corrected chi connectivity index (χ4v) is 3.99. The van der Waals surface area contributed by atoms with Gasteiger partial charge in [0.1, 0.15) is 0 Å². The lowest BCUT2D eigenvalue weighted by atomic mass is 9.99. The van der Waals surface area contributed by atoms with E-state index < -0.39 is 0 Å². The predicted octanol–water partition coefficient (Wildman–Crippen LogP) is 3.43. The highest BCUT2D eigenvalue weighted by Gasteiger charge is 2.29. The maximum atomic E-state index is 12.7. The Morgan fingerprint density at radius 3 is 2.44 bits per heavy atom. The predicted molar refractivity (Wildman–Crippen MR) is 96.3 cm³/mol. The third-order valence-electron chi connectivity index (χ3n) is 5.45. The van der Waals surface area contributed by atoms with E-state index in [2.05, 4.69) is 10.1 Å². The molecule has 5 heteroatoms. The quantitative estimate of drug-likeness (QED) is 0.860. The Morgan fingerprint density at radius 1 is 1.00 bits per heavy atom. The number of rotatable bonds is 3. The molecule has 0 spiro atoms. The maximum Gasteiger partial charge on any atom is 0.276 e. The molecule has 1 amide bonds. The molecule has 0 N–H and O–H groups in total. The molecule has 3 heterocycles. The van der Waals surface area contributed by atoms with Gasteiger partial charge in [-0.3, -0.25) is 4.79 Å². The zero-order valence-electron chi connectivity index (χ0n) is 14.6. The maximum absolute atomic E-state index is 12.7. The summed E-state index contributed by atoms with van der Waals surface area (Å²) < 4.78 is 5.37. The molecule has 4 rings (SSSR count). The van der Waals surface area contributed by atoms with Crippen molar-refractivity contribution < 1.29 is 9.32 Å². The van der Waals surface area contributed by atoms with Crippen LogP contribution < -0.4 is 0 Å². The van der Waals surface area contributed by atoms with Crippen LogP contribution in [0.2, 0.25) is 0 Å². The van der Waals surface area contributed by atoms with E-state index in [4.69, 9.17) is 4.52 Å². The minimum Gasteiger partial charge on any atom is -0.355 e. The third-order valence-corrected chi connectivity index (χ3v) is 5.45. The second-order valence-electron chi connectivity index (χ2n) is 7.06. The number of amides is 1. The number of carbonyl (C=O) groups excluding carboxylic acids is 1. The lowest BCUT2D eigenvalue weighted by Gasteiger charge is -2.40. The van der Waals surface area contributed by atoms with Crippen LogP contribution in [0, 0.1) is 0 Å². The van der Waals surface area contributed by atoms with Gasteiger partial charge in [0, 0.05) is 30.8 Å². The molecule has 2 aliphatic heterocycles. The summed E-state index contributed by atoms with van der Waals surface area (Å²) in [5, 5.41) is 4.00. The fraction of sp³-hybridized carbons (Fsp3) is 0.500. The van der Waals surface area contributed by atoms with Crippen molar-refractivity contribution in [3.05, 3.63) is 42.1 Å². The van der Waals surface area contributed by atoms with Gasteiger partial charge >= 0.3 is 0 Å². The van der Waals surface area contributed by atoms with E-state index in [1.165, 1.54) is 32.4 Å². The Morgan fingerprint density at radius 2 is 1.72 bits per heavy atom. The average molecular weight is 339 g/mol. The highest BCUT2D eigenvalue weighted by atomic mass is 16.5. The van der Waals surface area contributed by atoms with E-state index in [1.807, 2.05) is 35.2 Å². The van der Waals surface area contributed by atoms with Crippen molar-refractivity contribution in [2.24, 2.45) is 0 Å². The van der Waals surface area contributed by atoms with Crippen LogP contribution in [0.25, 0.3) is 11.3 Å². The summed E-state index contributed by atoms with van der Waals surface area (Å²) in [6, 6.07) is 12.2. The molecule has 0 atom stereocenters. The Labute approximate surface area is 148 Å². The summed E-state index contributed by atoms with van der Waals surface area (Å²) >= 11 is 0. The lowest BCUT2D eigenvalue weighted by molar-refractivity contribution is 0.0581. The number of likely N-dealkylation sites (tertiary alicyclic amines) is 2. The van der Waals surface area contributed by atoms with Crippen LogP contribution in [-0.4, -0.2) is 53.1 Å². The van der Waals surface area contributed by atoms with Crippen molar-refractivity contribution in [3.63, 3.8) is 0 Å². The van der Waals surface area contributed by atoms with E-state index >= 15 is 0 Å². The number of hydrogen-bond donors (Lipinski definition) is 0. The summed E-state index contributed by atoms with van der Waals surface area (Å²) in [5.74, 6) is 0.634. The van der Waals surface area contributed by atoms with Gasteiger partial charge in [-0.1, -0.05) is 41.9 Å². The Balaban J connectivity index is 1.37. The molecule has 0 unspecified atom stereocenters. The first-order valence-corrected chi connectivity index (χ1v) is 9.37. The molecular weight excluding hydrogens is 314 g/mol. The van der Waals surface area contributed by atoms with Crippen LogP contribution in [0.5, 0.6) is 0 Å². The number of piperidine rings is 2. The van der Waals surface area contributed by atoms with Crippen LogP contribution in [0.4, 0.5) is 0 Å². The molecule has 0 bridgehead atoms. The minimum absolute atomic E-state index is 0.0111. The van der Waals surface area contributed by atoms with Gasteiger partial charge in [-0.25, -0.2) is 0 Å². The van der Waals surface area contributed by atoms with Gasteiger partial charge in [0.05, 0.1) is 0 Å². The van der Waals surface area contributed by atoms with Gasteiger partial charge in [-0.05, 0) is 38.8 Å². The monoisotopic (exact) mass is 339 g/mol. The van der Waals surface area contributed by atoms with Crippen LogP contribution in [0.1, 0.15) is 42.6 Å². The molecular formula is C20H25N3O2. The summed E-state index contributed by atoms with van der Waals surface area (Å²) in [7, 11) is 0. The summed E-state index contributed by atoms with van der Waals surface area (Å²) in [6.07, 6.45) is 6.13. The average Bonchev–Trinajstić information content (AvgIpc) is 3.19. The first kappa shape index (κ1) is 16.3. The normalized spacial score (nSPS) is 19.9. The fourth-order valence-electron chi connectivity index (χ4n) is 3.99. The molecule has 2 fully saturated rings. The van der Waals surface area contributed by atoms with Gasteiger partial charge in [0.25, 0.3) is 5.91 Å². The summed E-state index contributed by atoms with van der Waals surface area (Å²) in [5.41, 5.74) is 1.35. The summed E-state index contributed by atoms with van der Waals surface area (Å²) in [4.78, 5) is 17.3. The van der Waals surface area contributed by atoms with Gasteiger partial charge in [0.15, 0.2) is 11.5 Å². The van der Waals surface area contributed by atoms with Crippen LogP contribution >= 0.6 is 0 Å². The molecule has 0 radical (unpaired) electrons. The van der Waals surface area contributed by atoms with E-state index in [-0.39, 0.29) is 5.91 Å². The SMILES string of the molecule is O=C(c1cc(-c2ccccc2)on1)N1CCC(N2CCCCC2)CC1. The smallest absolute Gasteiger partial charge is 0.276 e. The van der Waals surface area contributed by atoms with Crippen molar-refractivity contribution in [3.8, 4) is 11.3 Å². The summed E-state index contributed by atoms with van der Waals surface area (Å²) in [6.45, 7) is 4.08.